The van der Waals surface area contributed by atoms with Crippen molar-refractivity contribution in [2.24, 2.45) is 4.99 Å². The number of hydrogen-bond donors (Lipinski definition) is 2. The largest absolute Gasteiger partial charge is 0.362 e. The van der Waals surface area contributed by atoms with E-state index in [4.69, 9.17) is 0 Å². The lowest BCUT2D eigenvalue weighted by atomic mass is 10.1. The summed E-state index contributed by atoms with van der Waals surface area (Å²) in [5.41, 5.74) is -0.552. The number of sulfonamides is 1. The zero-order valence-corrected chi connectivity index (χ0v) is 12.4. The second kappa shape index (κ2) is 5.58. The third-order valence-corrected chi connectivity index (χ3v) is 4.12. The third kappa shape index (κ3) is 6.28. The Morgan fingerprint density at radius 1 is 1.59 bits per heavy atom. The lowest BCUT2D eigenvalue weighted by Gasteiger charge is -2.25. The van der Waals surface area contributed by atoms with Crippen LogP contribution in [0.3, 0.4) is 0 Å². The van der Waals surface area contributed by atoms with Crippen LogP contribution in [0.4, 0.5) is 0 Å². The van der Waals surface area contributed by atoms with Crippen molar-refractivity contribution in [2.75, 3.05) is 18.6 Å². The molecule has 0 aromatic carbocycles. The summed E-state index contributed by atoms with van der Waals surface area (Å²) in [6.45, 7) is 6.21. The number of nitrogens with zero attached hydrogens (tertiary/aromatic N) is 1. The minimum Gasteiger partial charge on any atom is -0.362 e. The SMILES string of the molecule is CC1CCSC(=NCC(C)(C)NS(C)(=O)=O)N1. The minimum absolute atomic E-state index is 0.433. The molecule has 1 unspecified atom stereocenters. The Balaban J connectivity index is 2.56. The highest BCUT2D eigenvalue weighted by molar-refractivity contribution is 8.13. The molecule has 0 radical (unpaired) electrons. The van der Waals surface area contributed by atoms with Crippen LogP contribution >= 0.6 is 11.8 Å². The summed E-state index contributed by atoms with van der Waals surface area (Å²) in [5, 5.41) is 4.20. The fraction of sp³-hybridized carbons (Fsp3) is 0.900. The number of nitrogens with one attached hydrogen (secondary N) is 2. The molecule has 1 saturated heterocycles. The van der Waals surface area contributed by atoms with Crippen molar-refractivity contribution in [3.05, 3.63) is 0 Å². The van der Waals surface area contributed by atoms with Crippen LogP contribution in [0.15, 0.2) is 4.99 Å². The van der Waals surface area contributed by atoms with Crippen LogP contribution in [0.1, 0.15) is 27.2 Å². The molecule has 5 nitrogen and oxygen atoms in total. The zero-order valence-electron chi connectivity index (χ0n) is 10.8. The number of thioether (sulfide) groups is 1. The molecule has 1 rings (SSSR count). The van der Waals surface area contributed by atoms with E-state index in [0.717, 1.165) is 23.6 Å². The molecule has 1 heterocycles. The smallest absolute Gasteiger partial charge is 0.209 e. The summed E-state index contributed by atoms with van der Waals surface area (Å²) in [4.78, 5) is 4.43. The molecule has 0 spiro atoms. The second-order valence-corrected chi connectivity index (χ2v) is 7.89. The van der Waals surface area contributed by atoms with E-state index in [1.165, 1.54) is 0 Å². The Morgan fingerprint density at radius 2 is 2.24 bits per heavy atom. The predicted octanol–water partition coefficient (Wildman–Crippen LogP) is 0.785. The van der Waals surface area contributed by atoms with Crippen LogP contribution in [0, 0.1) is 0 Å². The van der Waals surface area contributed by atoms with E-state index >= 15 is 0 Å². The van der Waals surface area contributed by atoms with Crippen LogP contribution in [-0.4, -0.2) is 43.7 Å². The number of hydrogen-bond acceptors (Lipinski definition) is 4. The third-order valence-electron chi connectivity index (χ3n) is 2.24. The monoisotopic (exact) mass is 279 g/mol. The van der Waals surface area contributed by atoms with Crippen molar-refractivity contribution in [3.63, 3.8) is 0 Å². The highest BCUT2D eigenvalue weighted by Crippen LogP contribution is 2.14. The van der Waals surface area contributed by atoms with Gasteiger partial charge in [-0.1, -0.05) is 11.8 Å². The van der Waals surface area contributed by atoms with Gasteiger partial charge in [0.15, 0.2) is 5.17 Å². The predicted molar refractivity (Wildman–Crippen MR) is 74.0 cm³/mol. The molecule has 1 aliphatic rings. The topological polar surface area (TPSA) is 70.6 Å². The van der Waals surface area contributed by atoms with E-state index in [2.05, 4.69) is 22.0 Å². The van der Waals surface area contributed by atoms with Crippen molar-refractivity contribution in [1.29, 1.82) is 0 Å². The van der Waals surface area contributed by atoms with Gasteiger partial charge >= 0.3 is 0 Å². The minimum atomic E-state index is -3.19. The van der Waals surface area contributed by atoms with Gasteiger partial charge in [0.05, 0.1) is 12.8 Å². The molecule has 0 amide bonds. The fourth-order valence-electron chi connectivity index (χ4n) is 1.55. The van der Waals surface area contributed by atoms with Gasteiger partial charge in [0.1, 0.15) is 0 Å². The maximum atomic E-state index is 11.2. The van der Waals surface area contributed by atoms with Crippen LogP contribution < -0.4 is 10.0 Å². The van der Waals surface area contributed by atoms with E-state index in [-0.39, 0.29) is 0 Å². The van der Waals surface area contributed by atoms with Crippen LogP contribution in [-0.2, 0) is 10.0 Å². The number of rotatable bonds is 4. The van der Waals surface area contributed by atoms with Crippen molar-refractivity contribution < 1.29 is 8.42 Å². The normalized spacial score (nSPS) is 24.7. The van der Waals surface area contributed by atoms with Gasteiger partial charge in [-0.3, -0.25) is 4.99 Å². The first-order valence-corrected chi connectivity index (χ1v) is 8.48. The maximum Gasteiger partial charge on any atom is 0.209 e. The zero-order chi connectivity index (χ0) is 13.1. The first-order valence-electron chi connectivity index (χ1n) is 5.61. The number of aliphatic imine (C=N–C) groups is 1. The summed E-state index contributed by atoms with van der Waals surface area (Å²) in [5.74, 6) is 1.06. The van der Waals surface area contributed by atoms with Gasteiger partial charge in [0.2, 0.25) is 10.0 Å². The van der Waals surface area contributed by atoms with Crippen LogP contribution in [0.5, 0.6) is 0 Å². The Labute approximate surface area is 108 Å². The summed E-state index contributed by atoms with van der Waals surface area (Å²) in [6, 6.07) is 0.445. The molecule has 0 aromatic heterocycles. The molecule has 0 saturated carbocycles. The maximum absolute atomic E-state index is 11.2. The average Bonchev–Trinajstić information content (AvgIpc) is 2.11. The highest BCUT2D eigenvalue weighted by atomic mass is 32.2. The lowest BCUT2D eigenvalue weighted by molar-refractivity contribution is 0.465. The molecular formula is C10H21N3O2S2. The first kappa shape index (κ1) is 14.8. The Hall–Kier alpha value is -0.270. The Bertz CT molecular complexity index is 390. The molecule has 0 aromatic rings. The molecule has 7 heteroatoms. The summed E-state index contributed by atoms with van der Waals surface area (Å²) >= 11 is 1.69. The van der Waals surface area contributed by atoms with Gasteiger partial charge in [-0.25, -0.2) is 13.1 Å². The van der Waals surface area contributed by atoms with E-state index < -0.39 is 15.6 Å². The van der Waals surface area contributed by atoms with Crippen LogP contribution in [0.25, 0.3) is 0 Å². The molecule has 1 fully saturated rings. The van der Waals surface area contributed by atoms with Crippen molar-refractivity contribution in [1.82, 2.24) is 10.0 Å². The van der Waals surface area contributed by atoms with E-state index in [1.54, 1.807) is 11.8 Å². The standard InChI is InChI=1S/C10H21N3O2S2/c1-8-5-6-16-9(12-8)11-7-10(2,3)13-17(4,14)15/h8,13H,5-7H2,1-4H3,(H,11,12). The van der Waals surface area contributed by atoms with Gasteiger partial charge in [-0.15, -0.1) is 0 Å². The summed E-state index contributed by atoms with van der Waals surface area (Å²) < 4.78 is 24.9. The van der Waals surface area contributed by atoms with E-state index in [9.17, 15) is 8.42 Å². The molecule has 1 atom stereocenters. The average molecular weight is 279 g/mol. The summed E-state index contributed by atoms with van der Waals surface area (Å²) in [7, 11) is -3.19. The van der Waals surface area contributed by atoms with Gasteiger partial charge in [0, 0.05) is 17.3 Å². The lowest BCUT2D eigenvalue weighted by Crippen LogP contribution is -2.46. The highest BCUT2D eigenvalue weighted by Gasteiger charge is 2.22. The fourth-order valence-corrected chi connectivity index (χ4v) is 3.73. The second-order valence-electron chi connectivity index (χ2n) is 5.06. The van der Waals surface area contributed by atoms with Gasteiger partial charge in [-0.2, -0.15) is 0 Å². The molecule has 100 valence electrons. The molecule has 0 aliphatic carbocycles. The Kier molecular flexibility index (Phi) is 4.86. The number of amidine groups is 1. The van der Waals surface area contributed by atoms with Crippen LogP contribution in [0.2, 0.25) is 0 Å². The first-order chi connectivity index (χ1) is 7.68. The Morgan fingerprint density at radius 3 is 2.76 bits per heavy atom. The van der Waals surface area contributed by atoms with Crippen molar-refractivity contribution >= 4 is 27.0 Å². The molecular weight excluding hydrogens is 258 g/mol. The van der Waals surface area contributed by atoms with Crippen molar-refractivity contribution in [3.8, 4) is 0 Å². The molecule has 17 heavy (non-hydrogen) atoms. The molecule has 2 N–H and O–H groups in total. The van der Waals surface area contributed by atoms with Crippen molar-refractivity contribution in [2.45, 2.75) is 38.8 Å². The molecule has 1 aliphatic heterocycles. The summed E-state index contributed by atoms with van der Waals surface area (Å²) in [6.07, 6.45) is 2.30. The quantitative estimate of drug-likeness (QED) is 0.798. The van der Waals surface area contributed by atoms with E-state index in [1.807, 2.05) is 13.8 Å². The van der Waals surface area contributed by atoms with Gasteiger partial charge in [-0.05, 0) is 27.2 Å². The van der Waals surface area contributed by atoms with Gasteiger partial charge in [0.25, 0.3) is 0 Å². The van der Waals surface area contributed by atoms with E-state index in [0.29, 0.717) is 12.6 Å². The molecule has 0 bridgehead atoms. The van der Waals surface area contributed by atoms with Gasteiger partial charge < -0.3 is 5.32 Å².